The zero-order chi connectivity index (χ0) is 17.2. The number of aromatic amines is 2. The number of amides is 1. The van der Waals surface area contributed by atoms with Gasteiger partial charge < -0.3 is 5.32 Å². The molecule has 9 heteroatoms. The van der Waals surface area contributed by atoms with E-state index in [9.17, 15) is 4.79 Å². The van der Waals surface area contributed by atoms with Gasteiger partial charge in [-0.2, -0.15) is 20.6 Å². The highest BCUT2D eigenvalue weighted by molar-refractivity contribution is 5.97. The van der Waals surface area contributed by atoms with E-state index in [-0.39, 0.29) is 11.9 Å². The molecule has 2 heterocycles. The first kappa shape index (κ1) is 14.9. The molecule has 2 aromatic carbocycles. The Morgan fingerprint density at radius 1 is 1.04 bits per heavy atom. The largest absolute Gasteiger partial charge is 0.346 e. The predicted molar refractivity (Wildman–Crippen MR) is 89.4 cm³/mol. The molecule has 9 nitrogen and oxygen atoms in total. The number of tetrazole rings is 1. The van der Waals surface area contributed by atoms with Gasteiger partial charge in [0.1, 0.15) is 11.0 Å². The van der Waals surface area contributed by atoms with Crippen LogP contribution < -0.4 is 5.32 Å². The Hall–Kier alpha value is -3.62. The minimum atomic E-state index is -0.188. The monoisotopic (exact) mass is 334 g/mol. The number of hydrogen-bond donors (Lipinski definition) is 3. The number of rotatable bonds is 4. The fourth-order valence-electron chi connectivity index (χ4n) is 2.58. The zero-order valence-corrected chi connectivity index (χ0v) is 13.3. The number of nitrogens with one attached hydrogen (secondary N) is 3. The van der Waals surface area contributed by atoms with E-state index in [1.807, 2.05) is 31.2 Å². The molecule has 0 saturated carbocycles. The molecule has 0 aliphatic rings. The van der Waals surface area contributed by atoms with Gasteiger partial charge in [0.25, 0.3) is 5.91 Å². The van der Waals surface area contributed by atoms with Crippen LogP contribution in [-0.4, -0.2) is 41.9 Å². The molecule has 124 valence electrons. The van der Waals surface area contributed by atoms with E-state index in [4.69, 9.17) is 0 Å². The number of benzene rings is 2. The van der Waals surface area contributed by atoms with Crippen LogP contribution in [0.1, 0.15) is 28.9 Å². The molecule has 0 aliphatic carbocycles. The average molecular weight is 334 g/mol. The Labute approximate surface area is 141 Å². The maximum Gasteiger partial charge on any atom is 0.251 e. The molecule has 1 atom stereocenters. The van der Waals surface area contributed by atoms with E-state index in [1.54, 1.807) is 18.2 Å². The van der Waals surface area contributed by atoms with Gasteiger partial charge in [0.15, 0.2) is 0 Å². The summed E-state index contributed by atoms with van der Waals surface area (Å²) in [4.78, 5) is 12.5. The fraction of sp³-hybridized carbons (Fsp3) is 0.125. The summed E-state index contributed by atoms with van der Waals surface area (Å²) in [5.74, 6) is 0.333. The van der Waals surface area contributed by atoms with E-state index >= 15 is 0 Å². The highest BCUT2D eigenvalue weighted by Gasteiger charge is 2.14. The highest BCUT2D eigenvalue weighted by Crippen LogP contribution is 2.20. The topological polar surface area (TPSA) is 125 Å². The van der Waals surface area contributed by atoms with Crippen LogP contribution in [0.4, 0.5) is 0 Å². The number of hydrogen-bond acceptors (Lipinski definition) is 6. The number of aromatic nitrogens is 7. The van der Waals surface area contributed by atoms with Crippen LogP contribution in [0.2, 0.25) is 0 Å². The lowest BCUT2D eigenvalue weighted by atomic mass is 10.0. The molecule has 0 radical (unpaired) electrons. The van der Waals surface area contributed by atoms with Crippen molar-refractivity contribution in [3.63, 3.8) is 0 Å². The standard InChI is InChI=1S/C16H14N8O/c1-9(10-3-2-4-11(7-10)15-20-23-24-21-15)17-16(25)12-5-6-13-14(8-12)19-22-18-13/h2-9H,1H3,(H,17,25)(H,18,19,22)(H,20,21,23,24)/t9-/m1/s1. The van der Waals surface area contributed by atoms with Crippen molar-refractivity contribution in [2.75, 3.05) is 0 Å². The van der Waals surface area contributed by atoms with Crippen molar-refractivity contribution in [3.05, 3.63) is 53.6 Å². The molecular formula is C16H14N8O. The van der Waals surface area contributed by atoms with Crippen molar-refractivity contribution in [2.45, 2.75) is 13.0 Å². The van der Waals surface area contributed by atoms with Crippen molar-refractivity contribution in [1.29, 1.82) is 0 Å². The lowest BCUT2D eigenvalue weighted by molar-refractivity contribution is 0.0940. The smallest absolute Gasteiger partial charge is 0.251 e. The van der Waals surface area contributed by atoms with Gasteiger partial charge >= 0.3 is 0 Å². The molecule has 0 aliphatic heterocycles. The zero-order valence-electron chi connectivity index (χ0n) is 13.3. The number of carbonyl (C=O) groups is 1. The lowest BCUT2D eigenvalue weighted by Crippen LogP contribution is -2.26. The van der Waals surface area contributed by atoms with Gasteiger partial charge in [-0.3, -0.25) is 4.79 Å². The summed E-state index contributed by atoms with van der Waals surface area (Å²) in [6.07, 6.45) is 0. The van der Waals surface area contributed by atoms with Crippen molar-refractivity contribution < 1.29 is 4.79 Å². The maximum absolute atomic E-state index is 12.5. The second-order valence-electron chi connectivity index (χ2n) is 5.58. The van der Waals surface area contributed by atoms with Gasteiger partial charge in [-0.15, -0.1) is 10.2 Å². The first-order valence-electron chi connectivity index (χ1n) is 7.66. The first-order valence-corrected chi connectivity index (χ1v) is 7.66. The summed E-state index contributed by atoms with van der Waals surface area (Å²) < 4.78 is 0. The SMILES string of the molecule is C[C@@H](NC(=O)c1ccc2n[nH]nc2c1)c1cccc(-c2nn[nH]n2)c1. The van der Waals surface area contributed by atoms with Crippen LogP contribution in [0.5, 0.6) is 0 Å². The van der Waals surface area contributed by atoms with Gasteiger partial charge in [-0.05, 0) is 42.0 Å². The van der Waals surface area contributed by atoms with Crippen LogP contribution >= 0.6 is 0 Å². The molecule has 25 heavy (non-hydrogen) atoms. The summed E-state index contributed by atoms with van der Waals surface area (Å²) in [5, 5.41) is 27.4. The third-order valence-corrected chi connectivity index (χ3v) is 3.92. The molecule has 0 saturated heterocycles. The second-order valence-corrected chi connectivity index (χ2v) is 5.58. The first-order chi connectivity index (χ1) is 12.2. The van der Waals surface area contributed by atoms with Crippen molar-refractivity contribution >= 4 is 16.9 Å². The number of fused-ring (bicyclic) bond motifs is 1. The number of H-pyrrole nitrogens is 2. The normalized spacial score (nSPS) is 12.2. The summed E-state index contributed by atoms with van der Waals surface area (Å²) >= 11 is 0. The fourth-order valence-corrected chi connectivity index (χ4v) is 2.58. The molecule has 4 rings (SSSR count). The van der Waals surface area contributed by atoms with Gasteiger partial charge in [0.05, 0.1) is 6.04 Å². The molecule has 0 bridgehead atoms. The van der Waals surface area contributed by atoms with Crippen LogP contribution in [0.25, 0.3) is 22.4 Å². The van der Waals surface area contributed by atoms with E-state index < -0.39 is 0 Å². The molecule has 2 aromatic heterocycles. The van der Waals surface area contributed by atoms with Crippen LogP contribution in [0.3, 0.4) is 0 Å². The Morgan fingerprint density at radius 2 is 1.92 bits per heavy atom. The average Bonchev–Trinajstić information content (AvgIpc) is 3.32. The second kappa shape index (κ2) is 6.11. The molecule has 0 unspecified atom stereocenters. The van der Waals surface area contributed by atoms with E-state index in [1.165, 1.54) is 0 Å². The van der Waals surface area contributed by atoms with Crippen molar-refractivity contribution in [2.24, 2.45) is 0 Å². The Bertz CT molecular complexity index is 1020. The van der Waals surface area contributed by atoms with Gasteiger partial charge in [0, 0.05) is 11.1 Å². The predicted octanol–water partition coefficient (Wildman–Crippen LogP) is 1.63. The Morgan fingerprint density at radius 3 is 2.76 bits per heavy atom. The summed E-state index contributed by atoms with van der Waals surface area (Å²) in [7, 11) is 0. The van der Waals surface area contributed by atoms with Crippen LogP contribution in [-0.2, 0) is 0 Å². The lowest BCUT2D eigenvalue weighted by Gasteiger charge is -2.15. The maximum atomic E-state index is 12.5. The quantitative estimate of drug-likeness (QED) is 0.521. The third kappa shape index (κ3) is 2.94. The minimum absolute atomic E-state index is 0.178. The van der Waals surface area contributed by atoms with Crippen LogP contribution in [0, 0.1) is 0 Å². The molecule has 4 aromatic rings. The van der Waals surface area contributed by atoms with Crippen molar-refractivity contribution in [3.8, 4) is 11.4 Å². The van der Waals surface area contributed by atoms with Crippen molar-refractivity contribution in [1.82, 2.24) is 41.4 Å². The van der Waals surface area contributed by atoms with E-state index in [2.05, 4.69) is 41.4 Å². The Kier molecular flexibility index (Phi) is 3.65. The van der Waals surface area contributed by atoms with Gasteiger partial charge in [0.2, 0.25) is 5.82 Å². The highest BCUT2D eigenvalue weighted by atomic mass is 16.1. The minimum Gasteiger partial charge on any atom is -0.346 e. The molecular weight excluding hydrogens is 320 g/mol. The van der Waals surface area contributed by atoms with E-state index in [0.29, 0.717) is 16.9 Å². The number of nitrogens with zero attached hydrogens (tertiary/aromatic N) is 5. The molecule has 0 fully saturated rings. The number of carbonyl (C=O) groups excluding carboxylic acids is 1. The molecule has 3 N–H and O–H groups in total. The molecule has 1 amide bonds. The Balaban J connectivity index is 1.54. The van der Waals surface area contributed by atoms with E-state index in [0.717, 1.165) is 16.6 Å². The third-order valence-electron chi connectivity index (χ3n) is 3.92. The summed E-state index contributed by atoms with van der Waals surface area (Å²) in [5.41, 5.74) is 3.67. The molecule has 0 spiro atoms. The van der Waals surface area contributed by atoms with Crippen LogP contribution in [0.15, 0.2) is 42.5 Å². The summed E-state index contributed by atoms with van der Waals surface area (Å²) in [6, 6.07) is 12.7. The van der Waals surface area contributed by atoms with Gasteiger partial charge in [-0.25, -0.2) is 0 Å². The summed E-state index contributed by atoms with van der Waals surface area (Å²) in [6.45, 7) is 1.92. The van der Waals surface area contributed by atoms with Gasteiger partial charge in [-0.1, -0.05) is 18.2 Å².